The summed E-state index contributed by atoms with van der Waals surface area (Å²) < 4.78 is 0. The lowest BCUT2D eigenvalue weighted by molar-refractivity contribution is 0.796. The molecular weight excluding hydrogens is 132 g/mol. The predicted octanol–water partition coefficient (Wildman–Crippen LogP) is 2.81. The third-order valence-corrected chi connectivity index (χ3v) is 1.79. The first-order chi connectivity index (χ1) is 5.34. The van der Waals surface area contributed by atoms with Gasteiger partial charge in [0.2, 0.25) is 0 Å². The Hall–Kier alpha value is -1.22. The standard InChI is InChI=1S/C11H12/c1-3-7-10(2)11-8-5-4-6-9-11/h1,4-6,8-10H,7H2,2H3/t10-/m1/s1. The Morgan fingerprint density at radius 2 is 2.00 bits per heavy atom. The van der Waals surface area contributed by atoms with Crippen molar-refractivity contribution < 1.29 is 0 Å². The van der Waals surface area contributed by atoms with E-state index in [2.05, 4.69) is 25.0 Å². The molecule has 56 valence electrons. The van der Waals surface area contributed by atoms with Crippen LogP contribution in [0, 0.1) is 12.3 Å². The van der Waals surface area contributed by atoms with Crippen LogP contribution in [0.4, 0.5) is 0 Å². The summed E-state index contributed by atoms with van der Waals surface area (Å²) in [5.41, 5.74) is 1.32. The Morgan fingerprint density at radius 1 is 1.36 bits per heavy atom. The molecule has 0 fully saturated rings. The molecule has 11 heavy (non-hydrogen) atoms. The van der Waals surface area contributed by atoms with Gasteiger partial charge < -0.3 is 0 Å². The van der Waals surface area contributed by atoms with Crippen LogP contribution in [0.2, 0.25) is 0 Å². The van der Waals surface area contributed by atoms with Crippen LogP contribution in [-0.4, -0.2) is 0 Å². The van der Waals surface area contributed by atoms with Gasteiger partial charge in [0.1, 0.15) is 0 Å². The lowest BCUT2D eigenvalue weighted by Gasteiger charge is -2.06. The molecule has 0 bridgehead atoms. The average molecular weight is 144 g/mol. The highest BCUT2D eigenvalue weighted by atomic mass is 14.0. The van der Waals surface area contributed by atoms with Crippen molar-refractivity contribution in [1.82, 2.24) is 0 Å². The van der Waals surface area contributed by atoms with Crippen LogP contribution < -0.4 is 0 Å². The third kappa shape index (κ3) is 2.13. The average Bonchev–Trinajstić information content (AvgIpc) is 2.07. The van der Waals surface area contributed by atoms with Gasteiger partial charge in [-0.3, -0.25) is 0 Å². The zero-order valence-electron chi connectivity index (χ0n) is 6.75. The molecule has 1 aromatic carbocycles. The second kappa shape index (κ2) is 3.83. The Balaban J connectivity index is 2.70. The summed E-state index contributed by atoms with van der Waals surface area (Å²) >= 11 is 0. The Morgan fingerprint density at radius 3 is 2.55 bits per heavy atom. The summed E-state index contributed by atoms with van der Waals surface area (Å²) in [6.07, 6.45) is 6.04. The maximum absolute atomic E-state index is 5.22. The van der Waals surface area contributed by atoms with Crippen LogP contribution in [0.3, 0.4) is 0 Å². The van der Waals surface area contributed by atoms with Crippen LogP contribution in [0.5, 0.6) is 0 Å². The molecule has 0 heterocycles. The van der Waals surface area contributed by atoms with Gasteiger partial charge in [0, 0.05) is 6.42 Å². The molecule has 1 atom stereocenters. The van der Waals surface area contributed by atoms with Crippen molar-refractivity contribution in [2.24, 2.45) is 0 Å². The molecule has 1 aromatic rings. The van der Waals surface area contributed by atoms with Crippen molar-refractivity contribution in [1.29, 1.82) is 0 Å². The number of rotatable bonds is 2. The summed E-state index contributed by atoms with van der Waals surface area (Å²) in [6, 6.07) is 10.3. The molecule has 0 aromatic heterocycles. The van der Waals surface area contributed by atoms with Crippen molar-refractivity contribution in [2.75, 3.05) is 0 Å². The molecule has 0 aliphatic heterocycles. The van der Waals surface area contributed by atoms with Crippen molar-refractivity contribution in [3.05, 3.63) is 35.9 Å². The number of benzene rings is 1. The summed E-state index contributed by atoms with van der Waals surface area (Å²) in [5.74, 6) is 3.15. The van der Waals surface area contributed by atoms with Gasteiger partial charge in [0.05, 0.1) is 0 Å². The molecule has 0 saturated carbocycles. The van der Waals surface area contributed by atoms with Gasteiger partial charge in [-0.2, -0.15) is 0 Å². The molecule has 1 rings (SSSR count). The molecule has 0 heteroatoms. The molecular formula is C11H12. The second-order valence-electron chi connectivity index (χ2n) is 2.72. The summed E-state index contributed by atoms with van der Waals surface area (Å²) in [5, 5.41) is 0. The summed E-state index contributed by atoms with van der Waals surface area (Å²) in [4.78, 5) is 0. The minimum atomic E-state index is 0.487. The van der Waals surface area contributed by atoms with Gasteiger partial charge in [-0.05, 0) is 11.5 Å². The minimum Gasteiger partial charge on any atom is -0.120 e. The van der Waals surface area contributed by atoms with Crippen molar-refractivity contribution >= 4 is 0 Å². The molecule has 0 unspecified atom stereocenters. The fourth-order valence-corrected chi connectivity index (χ4v) is 1.08. The van der Waals surface area contributed by atoms with E-state index in [1.807, 2.05) is 18.2 Å². The molecule has 0 N–H and O–H groups in total. The van der Waals surface area contributed by atoms with Crippen LogP contribution in [0.25, 0.3) is 0 Å². The SMILES string of the molecule is C#CC[C@@H](C)c1ccccc1. The zero-order chi connectivity index (χ0) is 8.10. The van der Waals surface area contributed by atoms with Crippen LogP contribution >= 0.6 is 0 Å². The molecule has 0 aliphatic rings. The van der Waals surface area contributed by atoms with E-state index in [0.29, 0.717) is 5.92 Å². The minimum absolute atomic E-state index is 0.487. The van der Waals surface area contributed by atoms with E-state index in [1.54, 1.807) is 0 Å². The molecule has 0 saturated heterocycles. The first-order valence-electron chi connectivity index (χ1n) is 3.83. The quantitative estimate of drug-likeness (QED) is 0.560. The van der Waals surface area contributed by atoms with E-state index in [4.69, 9.17) is 6.42 Å². The molecule has 0 amide bonds. The Labute approximate surface area is 68.3 Å². The van der Waals surface area contributed by atoms with E-state index < -0.39 is 0 Å². The highest BCUT2D eigenvalue weighted by Gasteiger charge is 2.00. The van der Waals surface area contributed by atoms with Gasteiger partial charge in [-0.25, -0.2) is 0 Å². The molecule has 0 aliphatic carbocycles. The van der Waals surface area contributed by atoms with Gasteiger partial charge in [-0.15, -0.1) is 12.3 Å². The fraction of sp³-hybridized carbons (Fsp3) is 0.273. The van der Waals surface area contributed by atoms with Crippen molar-refractivity contribution in [3.63, 3.8) is 0 Å². The van der Waals surface area contributed by atoms with Crippen molar-refractivity contribution in [3.8, 4) is 12.3 Å². The second-order valence-corrected chi connectivity index (χ2v) is 2.72. The topological polar surface area (TPSA) is 0 Å². The van der Waals surface area contributed by atoms with E-state index in [-0.39, 0.29) is 0 Å². The van der Waals surface area contributed by atoms with E-state index in [9.17, 15) is 0 Å². The highest BCUT2D eigenvalue weighted by Crippen LogP contribution is 2.16. The summed E-state index contributed by atoms with van der Waals surface area (Å²) in [7, 11) is 0. The predicted molar refractivity (Wildman–Crippen MR) is 48.3 cm³/mol. The number of terminal acetylenes is 1. The molecule has 0 nitrogen and oxygen atoms in total. The Bertz CT molecular complexity index is 240. The van der Waals surface area contributed by atoms with E-state index >= 15 is 0 Å². The molecule has 0 radical (unpaired) electrons. The number of hydrogen-bond donors (Lipinski definition) is 0. The number of hydrogen-bond acceptors (Lipinski definition) is 0. The van der Waals surface area contributed by atoms with Crippen molar-refractivity contribution in [2.45, 2.75) is 19.3 Å². The fourth-order valence-electron chi connectivity index (χ4n) is 1.08. The zero-order valence-corrected chi connectivity index (χ0v) is 6.75. The van der Waals surface area contributed by atoms with E-state index in [1.165, 1.54) is 5.56 Å². The first kappa shape index (κ1) is 7.88. The lowest BCUT2D eigenvalue weighted by Crippen LogP contribution is -1.90. The lowest BCUT2D eigenvalue weighted by atomic mass is 9.99. The normalized spacial score (nSPS) is 12.0. The third-order valence-electron chi connectivity index (χ3n) is 1.79. The van der Waals surface area contributed by atoms with Crippen LogP contribution in [0.1, 0.15) is 24.8 Å². The van der Waals surface area contributed by atoms with Gasteiger partial charge in [-0.1, -0.05) is 37.3 Å². The summed E-state index contributed by atoms with van der Waals surface area (Å²) in [6.45, 7) is 2.15. The smallest absolute Gasteiger partial charge is 0.0152 e. The maximum atomic E-state index is 5.22. The Kier molecular flexibility index (Phi) is 2.74. The van der Waals surface area contributed by atoms with Gasteiger partial charge >= 0.3 is 0 Å². The first-order valence-corrected chi connectivity index (χ1v) is 3.83. The highest BCUT2D eigenvalue weighted by molar-refractivity contribution is 5.19. The van der Waals surface area contributed by atoms with Crippen LogP contribution in [-0.2, 0) is 0 Å². The maximum Gasteiger partial charge on any atom is 0.0152 e. The van der Waals surface area contributed by atoms with Crippen LogP contribution in [0.15, 0.2) is 30.3 Å². The molecule has 0 spiro atoms. The van der Waals surface area contributed by atoms with Gasteiger partial charge in [0.25, 0.3) is 0 Å². The monoisotopic (exact) mass is 144 g/mol. The largest absolute Gasteiger partial charge is 0.120 e. The van der Waals surface area contributed by atoms with Gasteiger partial charge in [0.15, 0.2) is 0 Å². The van der Waals surface area contributed by atoms with E-state index in [0.717, 1.165) is 6.42 Å².